The van der Waals surface area contributed by atoms with E-state index in [0.717, 1.165) is 5.82 Å². The van der Waals surface area contributed by atoms with E-state index >= 15 is 0 Å². The summed E-state index contributed by atoms with van der Waals surface area (Å²) in [6.07, 6.45) is 5.27. The molecule has 0 saturated heterocycles. The lowest BCUT2D eigenvalue weighted by molar-refractivity contribution is 0.0776. The van der Waals surface area contributed by atoms with Crippen LogP contribution in [0.5, 0.6) is 5.88 Å². The smallest absolute Gasteiger partial charge is 0.259 e. The lowest BCUT2D eigenvalue weighted by Gasteiger charge is -2.18. The predicted molar refractivity (Wildman–Crippen MR) is 94.4 cm³/mol. The molecule has 0 aliphatic heterocycles. The second-order valence-electron chi connectivity index (χ2n) is 5.68. The molecule has 2 aromatic heterocycles. The van der Waals surface area contributed by atoms with E-state index in [0.29, 0.717) is 24.5 Å². The van der Waals surface area contributed by atoms with E-state index in [1.807, 2.05) is 29.0 Å². The molecule has 1 aromatic carbocycles. The van der Waals surface area contributed by atoms with Crippen molar-refractivity contribution >= 4 is 5.91 Å². The molecule has 0 saturated carbocycles. The third-order valence-corrected chi connectivity index (χ3v) is 3.92. The Hall–Kier alpha value is -3.15. The third-order valence-electron chi connectivity index (χ3n) is 3.92. The Morgan fingerprint density at radius 2 is 1.92 bits per heavy atom. The molecule has 6 nitrogen and oxygen atoms in total. The number of imidazole rings is 1. The van der Waals surface area contributed by atoms with Gasteiger partial charge in [-0.2, -0.15) is 0 Å². The van der Waals surface area contributed by atoms with Crippen LogP contribution >= 0.6 is 0 Å². The first-order valence-corrected chi connectivity index (χ1v) is 7.97. The first-order valence-electron chi connectivity index (χ1n) is 7.97. The van der Waals surface area contributed by atoms with Crippen molar-refractivity contribution in [3.63, 3.8) is 0 Å². The summed E-state index contributed by atoms with van der Waals surface area (Å²) >= 11 is 0. The number of aromatic nitrogens is 3. The summed E-state index contributed by atoms with van der Waals surface area (Å²) in [6, 6.07) is 13.6. The molecule has 3 aromatic rings. The number of pyridine rings is 1. The number of nitrogens with zero attached hydrogens (tertiary/aromatic N) is 4. The van der Waals surface area contributed by atoms with E-state index in [4.69, 9.17) is 4.74 Å². The number of benzene rings is 1. The van der Waals surface area contributed by atoms with Gasteiger partial charge >= 0.3 is 0 Å². The van der Waals surface area contributed by atoms with Crippen LogP contribution in [-0.4, -0.2) is 39.5 Å². The first-order chi connectivity index (χ1) is 12.2. The van der Waals surface area contributed by atoms with Crippen LogP contribution in [0.2, 0.25) is 0 Å². The van der Waals surface area contributed by atoms with Gasteiger partial charge in [-0.1, -0.05) is 30.3 Å². The van der Waals surface area contributed by atoms with Gasteiger partial charge in [0.1, 0.15) is 11.4 Å². The summed E-state index contributed by atoms with van der Waals surface area (Å²) in [5.74, 6) is 0.994. The molecule has 2 heterocycles. The molecule has 3 rings (SSSR count). The number of carbonyl (C=O) groups excluding carboxylic acids is 1. The van der Waals surface area contributed by atoms with Crippen LogP contribution in [0.1, 0.15) is 21.7 Å². The minimum Gasteiger partial charge on any atom is -0.480 e. The van der Waals surface area contributed by atoms with Crippen molar-refractivity contribution < 1.29 is 9.53 Å². The van der Waals surface area contributed by atoms with Crippen molar-refractivity contribution in [1.82, 2.24) is 19.4 Å². The van der Waals surface area contributed by atoms with Gasteiger partial charge in [-0.25, -0.2) is 9.97 Å². The first kappa shape index (κ1) is 16.7. The van der Waals surface area contributed by atoms with Crippen molar-refractivity contribution in [2.24, 2.45) is 0 Å². The maximum atomic E-state index is 12.7. The monoisotopic (exact) mass is 336 g/mol. The number of carbonyl (C=O) groups is 1. The van der Waals surface area contributed by atoms with E-state index in [9.17, 15) is 4.79 Å². The van der Waals surface area contributed by atoms with E-state index in [1.165, 1.54) is 12.7 Å². The standard InChI is InChI=1S/C19H20N4O2/c1-22(19(24)16-9-6-10-21-18(16)25-2)14-17-20-11-12-23(17)13-15-7-4-3-5-8-15/h3-12H,13-14H2,1-2H3. The molecule has 0 aliphatic rings. The summed E-state index contributed by atoms with van der Waals surface area (Å²) in [5.41, 5.74) is 1.62. The van der Waals surface area contributed by atoms with E-state index in [1.54, 1.807) is 36.5 Å². The van der Waals surface area contributed by atoms with Crippen molar-refractivity contribution in [1.29, 1.82) is 0 Å². The molecule has 0 bridgehead atoms. The largest absolute Gasteiger partial charge is 0.480 e. The van der Waals surface area contributed by atoms with Crippen LogP contribution in [0.3, 0.4) is 0 Å². The lowest BCUT2D eigenvalue weighted by atomic mass is 10.2. The topological polar surface area (TPSA) is 60.2 Å². The second-order valence-corrected chi connectivity index (χ2v) is 5.68. The molecule has 0 aliphatic carbocycles. The number of hydrogen-bond donors (Lipinski definition) is 0. The van der Waals surface area contributed by atoms with Gasteiger partial charge in [-0.05, 0) is 17.7 Å². The SMILES string of the molecule is COc1ncccc1C(=O)N(C)Cc1nccn1Cc1ccccc1. The molecule has 1 amide bonds. The number of ether oxygens (including phenoxy) is 1. The van der Waals surface area contributed by atoms with Gasteiger partial charge in [-0.15, -0.1) is 0 Å². The van der Waals surface area contributed by atoms with Crippen molar-refractivity contribution in [2.75, 3.05) is 14.2 Å². The molecule has 0 spiro atoms. The van der Waals surface area contributed by atoms with Gasteiger partial charge < -0.3 is 14.2 Å². The van der Waals surface area contributed by atoms with Crippen molar-refractivity contribution in [3.05, 3.63) is 78.0 Å². The van der Waals surface area contributed by atoms with Crippen LogP contribution < -0.4 is 4.74 Å². The second kappa shape index (κ2) is 7.61. The highest BCUT2D eigenvalue weighted by Gasteiger charge is 2.18. The Kier molecular flexibility index (Phi) is 5.09. The summed E-state index contributed by atoms with van der Waals surface area (Å²) in [7, 11) is 3.25. The zero-order valence-corrected chi connectivity index (χ0v) is 14.3. The number of amides is 1. The fourth-order valence-corrected chi connectivity index (χ4v) is 2.62. The zero-order valence-electron chi connectivity index (χ0n) is 14.3. The number of methoxy groups -OCH3 is 1. The minimum atomic E-state index is -0.154. The van der Waals surface area contributed by atoms with Crippen LogP contribution in [0.4, 0.5) is 0 Å². The average molecular weight is 336 g/mol. The van der Waals surface area contributed by atoms with E-state index in [2.05, 4.69) is 22.1 Å². The maximum Gasteiger partial charge on any atom is 0.259 e. The highest BCUT2D eigenvalue weighted by atomic mass is 16.5. The van der Waals surface area contributed by atoms with Gasteiger partial charge in [0, 0.05) is 32.2 Å². The average Bonchev–Trinajstić information content (AvgIpc) is 3.08. The van der Waals surface area contributed by atoms with E-state index < -0.39 is 0 Å². The van der Waals surface area contributed by atoms with Crippen molar-refractivity contribution in [2.45, 2.75) is 13.1 Å². The van der Waals surface area contributed by atoms with Gasteiger partial charge in [0.25, 0.3) is 5.91 Å². The Labute approximate surface area is 146 Å². The Morgan fingerprint density at radius 1 is 1.12 bits per heavy atom. The Morgan fingerprint density at radius 3 is 2.68 bits per heavy atom. The van der Waals surface area contributed by atoms with Crippen LogP contribution in [0.25, 0.3) is 0 Å². The van der Waals surface area contributed by atoms with Gasteiger partial charge in [0.2, 0.25) is 5.88 Å². The van der Waals surface area contributed by atoms with Gasteiger partial charge in [-0.3, -0.25) is 4.79 Å². The third kappa shape index (κ3) is 3.85. The summed E-state index contributed by atoms with van der Waals surface area (Å²) in [4.78, 5) is 22.8. The molecule has 25 heavy (non-hydrogen) atoms. The maximum absolute atomic E-state index is 12.7. The fraction of sp³-hybridized carbons (Fsp3) is 0.211. The number of hydrogen-bond acceptors (Lipinski definition) is 4. The molecule has 6 heteroatoms. The Bertz CT molecular complexity index is 845. The van der Waals surface area contributed by atoms with E-state index in [-0.39, 0.29) is 5.91 Å². The highest BCUT2D eigenvalue weighted by Crippen LogP contribution is 2.17. The lowest BCUT2D eigenvalue weighted by Crippen LogP contribution is -2.28. The molecule has 0 fully saturated rings. The zero-order chi connectivity index (χ0) is 17.6. The summed E-state index contributed by atoms with van der Waals surface area (Å²) < 4.78 is 7.22. The summed E-state index contributed by atoms with van der Waals surface area (Å²) in [5, 5.41) is 0. The molecular weight excluding hydrogens is 316 g/mol. The van der Waals surface area contributed by atoms with Crippen molar-refractivity contribution in [3.8, 4) is 5.88 Å². The molecular formula is C19H20N4O2. The molecule has 0 N–H and O–H groups in total. The number of rotatable bonds is 6. The molecule has 128 valence electrons. The Balaban J connectivity index is 1.74. The van der Waals surface area contributed by atoms with Crippen LogP contribution in [0.15, 0.2) is 61.1 Å². The quantitative estimate of drug-likeness (QED) is 0.694. The molecule has 0 radical (unpaired) electrons. The van der Waals surface area contributed by atoms with Gasteiger partial charge in [0.05, 0.1) is 13.7 Å². The predicted octanol–water partition coefficient (Wildman–Crippen LogP) is 2.61. The summed E-state index contributed by atoms with van der Waals surface area (Å²) in [6.45, 7) is 1.12. The highest BCUT2D eigenvalue weighted by molar-refractivity contribution is 5.96. The normalized spacial score (nSPS) is 10.5. The fourth-order valence-electron chi connectivity index (χ4n) is 2.62. The van der Waals surface area contributed by atoms with Crippen LogP contribution in [0, 0.1) is 0 Å². The molecule has 0 atom stereocenters. The van der Waals surface area contributed by atoms with Gasteiger partial charge in [0.15, 0.2) is 0 Å². The van der Waals surface area contributed by atoms with Crippen LogP contribution in [-0.2, 0) is 13.1 Å². The molecule has 0 unspecified atom stereocenters. The minimum absolute atomic E-state index is 0.154.